The van der Waals surface area contributed by atoms with Crippen molar-refractivity contribution in [2.45, 2.75) is 32.9 Å². The number of carboxylic acids is 1. The summed E-state index contributed by atoms with van der Waals surface area (Å²) >= 11 is 0. The highest BCUT2D eigenvalue weighted by molar-refractivity contribution is 5.85. The van der Waals surface area contributed by atoms with Gasteiger partial charge in [0.15, 0.2) is 0 Å². The number of carbonyl (C=O) groups excluding carboxylic acids is 1. The van der Waals surface area contributed by atoms with E-state index in [0.717, 1.165) is 0 Å². The van der Waals surface area contributed by atoms with E-state index < -0.39 is 24.0 Å². The van der Waals surface area contributed by atoms with E-state index in [1.54, 1.807) is 13.8 Å². The maximum Gasteiger partial charge on any atom is 0.325 e. The third-order valence-electron chi connectivity index (χ3n) is 1.52. The van der Waals surface area contributed by atoms with Crippen molar-refractivity contribution in [1.29, 1.82) is 0 Å². The van der Waals surface area contributed by atoms with E-state index in [-0.39, 0.29) is 0 Å². The van der Waals surface area contributed by atoms with Gasteiger partial charge in [-0.1, -0.05) is 0 Å². The number of amides is 1. The van der Waals surface area contributed by atoms with E-state index in [2.05, 4.69) is 5.32 Å². The van der Waals surface area contributed by atoms with Gasteiger partial charge in [0, 0.05) is 6.61 Å². The fraction of sp³-hybridized carbons (Fsp3) is 0.750. The number of ether oxygens (including phenoxy) is 1. The summed E-state index contributed by atoms with van der Waals surface area (Å²) < 4.78 is 4.98. The Morgan fingerprint density at radius 2 is 2.00 bits per heavy atom. The molecule has 0 aliphatic heterocycles. The summed E-state index contributed by atoms with van der Waals surface area (Å²) in [4.78, 5) is 21.5. The molecule has 0 saturated heterocycles. The van der Waals surface area contributed by atoms with Gasteiger partial charge in [-0.25, -0.2) is 0 Å². The van der Waals surface area contributed by atoms with Crippen molar-refractivity contribution in [2.75, 3.05) is 6.61 Å². The summed E-state index contributed by atoms with van der Waals surface area (Å²) in [5.41, 5.74) is 0. The second-order valence-corrected chi connectivity index (χ2v) is 2.67. The number of hydrogen-bond donors (Lipinski definition) is 2. The molecule has 2 atom stereocenters. The number of hydrogen-bond acceptors (Lipinski definition) is 3. The van der Waals surface area contributed by atoms with Crippen molar-refractivity contribution in [2.24, 2.45) is 0 Å². The highest BCUT2D eigenvalue weighted by Crippen LogP contribution is 1.91. The number of aliphatic carboxylic acids is 1. The molecule has 0 fully saturated rings. The fourth-order valence-electron chi connectivity index (χ4n) is 0.718. The maximum atomic E-state index is 11.1. The Morgan fingerprint density at radius 1 is 1.46 bits per heavy atom. The molecule has 0 radical (unpaired) electrons. The quantitative estimate of drug-likeness (QED) is 0.638. The molecule has 2 unspecified atom stereocenters. The largest absolute Gasteiger partial charge is 0.480 e. The van der Waals surface area contributed by atoms with Crippen LogP contribution in [0.3, 0.4) is 0 Å². The van der Waals surface area contributed by atoms with Crippen molar-refractivity contribution in [3.05, 3.63) is 0 Å². The number of nitrogens with one attached hydrogen (secondary N) is 1. The lowest BCUT2D eigenvalue weighted by molar-refractivity contribution is -0.143. The monoisotopic (exact) mass is 189 g/mol. The average molecular weight is 189 g/mol. The molecule has 0 rings (SSSR count). The van der Waals surface area contributed by atoms with Crippen LogP contribution in [0.25, 0.3) is 0 Å². The summed E-state index contributed by atoms with van der Waals surface area (Å²) in [5.74, 6) is -1.46. The van der Waals surface area contributed by atoms with E-state index in [1.807, 2.05) is 0 Å². The van der Waals surface area contributed by atoms with Crippen molar-refractivity contribution < 1.29 is 19.4 Å². The maximum absolute atomic E-state index is 11.1. The molecule has 0 bridgehead atoms. The Bertz CT molecular complexity index is 193. The second kappa shape index (κ2) is 5.53. The molecule has 0 spiro atoms. The molecule has 2 N–H and O–H groups in total. The molecular weight excluding hydrogens is 174 g/mol. The Morgan fingerprint density at radius 3 is 2.38 bits per heavy atom. The standard InChI is InChI=1S/C8H15NO4/c1-4-13-6(3)7(10)9-5(2)8(11)12/h5-6H,4H2,1-3H3,(H,9,10)(H,11,12). The number of carboxylic acid groups (broad SMARTS) is 1. The van der Waals surface area contributed by atoms with Crippen LogP contribution < -0.4 is 5.32 Å². The van der Waals surface area contributed by atoms with Crippen molar-refractivity contribution in [3.8, 4) is 0 Å². The van der Waals surface area contributed by atoms with Gasteiger partial charge >= 0.3 is 5.97 Å². The van der Waals surface area contributed by atoms with Gasteiger partial charge in [0.1, 0.15) is 12.1 Å². The summed E-state index contributed by atoms with van der Waals surface area (Å²) in [5, 5.41) is 10.8. The van der Waals surface area contributed by atoms with E-state index in [4.69, 9.17) is 9.84 Å². The summed E-state index contributed by atoms with van der Waals surface area (Å²) in [6, 6.07) is -0.879. The van der Waals surface area contributed by atoms with Crippen molar-refractivity contribution in [1.82, 2.24) is 5.32 Å². The molecule has 5 heteroatoms. The average Bonchev–Trinajstić information content (AvgIpc) is 2.04. The van der Waals surface area contributed by atoms with E-state index in [9.17, 15) is 9.59 Å². The van der Waals surface area contributed by atoms with Gasteiger partial charge < -0.3 is 15.2 Å². The predicted octanol–water partition coefficient (Wildman–Crippen LogP) is 0.000700. The molecule has 76 valence electrons. The highest BCUT2D eigenvalue weighted by atomic mass is 16.5. The van der Waals surface area contributed by atoms with Crippen LogP contribution in [-0.4, -0.2) is 35.7 Å². The third-order valence-corrected chi connectivity index (χ3v) is 1.52. The minimum absolute atomic E-state index is 0.406. The molecule has 13 heavy (non-hydrogen) atoms. The van der Waals surface area contributed by atoms with Crippen LogP contribution in [0.5, 0.6) is 0 Å². The van der Waals surface area contributed by atoms with Gasteiger partial charge in [-0.3, -0.25) is 9.59 Å². The lowest BCUT2D eigenvalue weighted by Crippen LogP contribution is -2.43. The second-order valence-electron chi connectivity index (χ2n) is 2.67. The Hall–Kier alpha value is -1.10. The zero-order chi connectivity index (χ0) is 10.4. The topological polar surface area (TPSA) is 75.6 Å². The first-order chi connectivity index (χ1) is 5.99. The van der Waals surface area contributed by atoms with Crippen molar-refractivity contribution in [3.63, 3.8) is 0 Å². The molecule has 5 nitrogen and oxygen atoms in total. The number of carbonyl (C=O) groups is 2. The van der Waals surface area contributed by atoms with Crippen LogP contribution in [0.4, 0.5) is 0 Å². The molecule has 0 saturated carbocycles. The Labute approximate surface area is 77.1 Å². The number of rotatable bonds is 5. The third kappa shape index (κ3) is 4.47. The predicted molar refractivity (Wildman–Crippen MR) is 46.3 cm³/mol. The molecular formula is C8H15NO4. The van der Waals surface area contributed by atoms with Crippen LogP contribution in [-0.2, 0) is 14.3 Å². The minimum Gasteiger partial charge on any atom is -0.480 e. The highest BCUT2D eigenvalue weighted by Gasteiger charge is 2.18. The molecule has 0 aromatic heterocycles. The smallest absolute Gasteiger partial charge is 0.325 e. The fourth-order valence-corrected chi connectivity index (χ4v) is 0.718. The van der Waals surface area contributed by atoms with Crippen molar-refractivity contribution >= 4 is 11.9 Å². The van der Waals surface area contributed by atoms with Gasteiger partial charge in [0.05, 0.1) is 0 Å². The van der Waals surface area contributed by atoms with E-state index in [0.29, 0.717) is 6.61 Å². The summed E-state index contributed by atoms with van der Waals surface area (Å²) in [6.07, 6.45) is -0.605. The zero-order valence-corrected chi connectivity index (χ0v) is 8.03. The van der Waals surface area contributed by atoms with Gasteiger partial charge in [0.2, 0.25) is 5.91 Å². The first kappa shape index (κ1) is 11.9. The van der Waals surface area contributed by atoms with Crippen LogP contribution in [0.2, 0.25) is 0 Å². The first-order valence-corrected chi connectivity index (χ1v) is 4.13. The van der Waals surface area contributed by atoms with Gasteiger partial charge in [-0.15, -0.1) is 0 Å². The van der Waals surface area contributed by atoms with Crippen LogP contribution in [0.1, 0.15) is 20.8 Å². The first-order valence-electron chi connectivity index (χ1n) is 4.13. The Balaban J connectivity index is 3.92. The SMILES string of the molecule is CCOC(C)C(=O)NC(C)C(=O)O. The lowest BCUT2D eigenvalue weighted by Gasteiger charge is -2.14. The Kier molecular flexibility index (Phi) is 5.06. The van der Waals surface area contributed by atoms with Crippen LogP contribution in [0.15, 0.2) is 0 Å². The zero-order valence-electron chi connectivity index (χ0n) is 8.03. The van der Waals surface area contributed by atoms with Gasteiger partial charge in [-0.05, 0) is 20.8 Å². The van der Waals surface area contributed by atoms with E-state index in [1.165, 1.54) is 6.92 Å². The van der Waals surface area contributed by atoms with E-state index >= 15 is 0 Å². The molecule has 0 aliphatic rings. The molecule has 1 amide bonds. The van der Waals surface area contributed by atoms with Crippen LogP contribution >= 0.6 is 0 Å². The molecule has 0 aromatic rings. The summed E-state index contributed by atoms with van der Waals surface area (Å²) in [6.45, 7) is 5.17. The lowest BCUT2D eigenvalue weighted by atomic mass is 10.3. The van der Waals surface area contributed by atoms with Gasteiger partial charge in [-0.2, -0.15) is 0 Å². The van der Waals surface area contributed by atoms with Crippen LogP contribution in [0, 0.1) is 0 Å². The molecule has 0 heterocycles. The summed E-state index contributed by atoms with van der Waals surface area (Å²) in [7, 11) is 0. The van der Waals surface area contributed by atoms with Gasteiger partial charge in [0.25, 0.3) is 0 Å². The minimum atomic E-state index is -1.06. The molecule has 0 aromatic carbocycles. The molecule has 0 aliphatic carbocycles. The normalized spacial score (nSPS) is 14.7.